The van der Waals surface area contributed by atoms with E-state index >= 15 is 0 Å². The van der Waals surface area contributed by atoms with Crippen LogP contribution < -0.4 is 10.1 Å². The Morgan fingerprint density at radius 1 is 0.852 bits per heavy atom. The summed E-state index contributed by atoms with van der Waals surface area (Å²) in [6.07, 6.45) is 1.70. The molecule has 0 saturated heterocycles. The maximum Gasteiger partial charge on any atom is 0.261 e. The van der Waals surface area contributed by atoms with Crippen LogP contribution in [-0.2, 0) is 10.0 Å². The number of halogens is 2. The van der Waals surface area contributed by atoms with E-state index in [-0.39, 0.29) is 4.90 Å². The molecule has 3 rings (SSSR count). The molecule has 0 bridgehead atoms. The van der Waals surface area contributed by atoms with Crippen LogP contribution in [0, 0.1) is 0 Å². The van der Waals surface area contributed by atoms with Gasteiger partial charge in [-0.3, -0.25) is 10.1 Å². The van der Waals surface area contributed by atoms with Crippen LogP contribution in [0.5, 0.6) is 0 Å². The van der Waals surface area contributed by atoms with Gasteiger partial charge in [0.1, 0.15) is 0 Å². The molecule has 0 saturated carbocycles. The molecule has 0 spiro atoms. The maximum absolute atomic E-state index is 12.4. The average Bonchev–Trinajstić information content (AvgIpc) is 2.65. The molecular formula is C19H15BrClN3O2S. The van der Waals surface area contributed by atoms with Crippen molar-refractivity contribution in [3.8, 4) is 0 Å². The molecule has 3 aromatic rings. The third kappa shape index (κ3) is 5.56. The number of benzene rings is 3. The molecule has 0 aromatic heterocycles. The van der Waals surface area contributed by atoms with Gasteiger partial charge in [0.2, 0.25) is 0 Å². The molecule has 0 aliphatic carbocycles. The molecule has 3 aromatic carbocycles. The van der Waals surface area contributed by atoms with Crippen molar-refractivity contribution in [3.05, 3.63) is 87.9 Å². The van der Waals surface area contributed by atoms with Gasteiger partial charge in [-0.2, -0.15) is 5.10 Å². The molecular weight excluding hydrogens is 450 g/mol. The Morgan fingerprint density at radius 3 is 2.07 bits per heavy atom. The first-order valence-electron chi connectivity index (χ1n) is 7.85. The Balaban J connectivity index is 1.63. The molecule has 0 aliphatic rings. The standard InChI is InChI=1S/C19H15BrClN3O2S/c20-15-3-1-14(2-4-15)13-22-23-17-7-9-18(10-8-17)24-27(25,26)19-11-5-16(21)6-12-19/h1-13,23-24H/b22-13+. The van der Waals surface area contributed by atoms with E-state index in [1.807, 2.05) is 24.3 Å². The highest BCUT2D eigenvalue weighted by molar-refractivity contribution is 9.10. The van der Waals surface area contributed by atoms with E-state index < -0.39 is 10.0 Å². The number of nitrogens with zero attached hydrogens (tertiary/aromatic N) is 1. The quantitative estimate of drug-likeness (QED) is 0.382. The van der Waals surface area contributed by atoms with E-state index in [9.17, 15) is 8.42 Å². The van der Waals surface area contributed by atoms with Crippen molar-refractivity contribution < 1.29 is 8.42 Å². The monoisotopic (exact) mass is 463 g/mol. The molecule has 8 heteroatoms. The summed E-state index contributed by atoms with van der Waals surface area (Å²) in [6.45, 7) is 0. The zero-order valence-corrected chi connectivity index (χ0v) is 17.1. The number of hydrazone groups is 1. The smallest absolute Gasteiger partial charge is 0.261 e. The fourth-order valence-corrected chi connectivity index (χ4v) is 3.62. The summed E-state index contributed by atoms with van der Waals surface area (Å²) in [4.78, 5) is 0.146. The van der Waals surface area contributed by atoms with E-state index in [4.69, 9.17) is 11.6 Å². The predicted octanol–water partition coefficient (Wildman–Crippen LogP) is 5.35. The van der Waals surface area contributed by atoms with E-state index in [0.29, 0.717) is 10.7 Å². The topological polar surface area (TPSA) is 70.6 Å². The Bertz CT molecular complexity index is 1040. The molecule has 2 N–H and O–H groups in total. The minimum Gasteiger partial charge on any atom is -0.280 e. The zero-order valence-electron chi connectivity index (χ0n) is 13.9. The van der Waals surface area contributed by atoms with Crippen LogP contribution in [0.3, 0.4) is 0 Å². The first-order valence-corrected chi connectivity index (χ1v) is 10.5. The van der Waals surface area contributed by atoms with Crippen molar-refractivity contribution in [1.29, 1.82) is 0 Å². The van der Waals surface area contributed by atoms with E-state index in [2.05, 4.69) is 31.2 Å². The fourth-order valence-electron chi connectivity index (χ4n) is 2.17. The molecule has 0 radical (unpaired) electrons. The Morgan fingerprint density at radius 2 is 1.44 bits per heavy atom. The van der Waals surface area contributed by atoms with Gasteiger partial charge >= 0.3 is 0 Å². The van der Waals surface area contributed by atoms with Crippen LogP contribution in [0.1, 0.15) is 5.56 Å². The second kappa shape index (κ2) is 8.56. The number of rotatable bonds is 6. The molecule has 0 fully saturated rings. The van der Waals surface area contributed by atoms with Crippen molar-refractivity contribution in [2.24, 2.45) is 5.10 Å². The van der Waals surface area contributed by atoms with Crippen molar-refractivity contribution in [3.63, 3.8) is 0 Å². The molecule has 0 heterocycles. The molecule has 0 amide bonds. The lowest BCUT2D eigenvalue weighted by molar-refractivity contribution is 0.601. The Kier molecular flexibility index (Phi) is 6.15. The molecule has 5 nitrogen and oxygen atoms in total. The van der Waals surface area contributed by atoms with E-state index in [1.54, 1.807) is 30.5 Å². The van der Waals surface area contributed by atoms with Gasteiger partial charge in [0.25, 0.3) is 10.0 Å². The molecule has 0 aliphatic heterocycles. The van der Waals surface area contributed by atoms with Crippen LogP contribution >= 0.6 is 27.5 Å². The fraction of sp³-hybridized carbons (Fsp3) is 0. The van der Waals surface area contributed by atoms with Crippen molar-refractivity contribution in [1.82, 2.24) is 0 Å². The third-order valence-electron chi connectivity index (χ3n) is 3.54. The molecule has 0 unspecified atom stereocenters. The summed E-state index contributed by atoms with van der Waals surface area (Å²) in [7, 11) is -3.66. The van der Waals surface area contributed by atoms with Gasteiger partial charge in [-0.05, 0) is 66.2 Å². The number of nitrogens with one attached hydrogen (secondary N) is 2. The summed E-state index contributed by atoms with van der Waals surface area (Å²) >= 11 is 9.17. The van der Waals surface area contributed by atoms with Crippen LogP contribution in [0.4, 0.5) is 11.4 Å². The first kappa shape index (κ1) is 19.4. The summed E-state index contributed by atoms with van der Waals surface area (Å²) in [5.74, 6) is 0. The molecule has 0 atom stereocenters. The van der Waals surface area contributed by atoms with Crippen molar-refractivity contribution in [2.45, 2.75) is 4.90 Å². The highest BCUT2D eigenvalue weighted by atomic mass is 79.9. The lowest BCUT2D eigenvalue weighted by Crippen LogP contribution is -2.12. The summed E-state index contributed by atoms with van der Waals surface area (Å²) < 4.78 is 28.2. The van der Waals surface area contributed by atoms with Gasteiger partial charge in [-0.15, -0.1) is 0 Å². The van der Waals surface area contributed by atoms with Gasteiger partial charge in [-0.1, -0.05) is 39.7 Å². The summed E-state index contributed by atoms with van der Waals surface area (Å²) in [5.41, 5.74) is 5.04. The Hall–Kier alpha value is -2.35. The normalized spacial score (nSPS) is 11.5. The lowest BCUT2D eigenvalue weighted by atomic mass is 10.2. The highest BCUT2D eigenvalue weighted by Crippen LogP contribution is 2.20. The minimum absolute atomic E-state index is 0.146. The first-order chi connectivity index (χ1) is 12.9. The number of hydrogen-bond donors (Lipinski definition) is 2. The predicted molar refractivity (Wildman–Crippen MR) is 114 cm³/mol. The maximum atomic E-state index is 12.4. The zero-order chi connectivity index (χ0) is 19.3. The van der Waals surface area contributed by atoms with Crippen LogP contribution in [0.25, 0.3) is 0 Å². The van der Waals surface area contributed by atoms with Crippen molar-refractivity contribution >= 4 is 55.1 Å². The number of sulfonamides is 1. The largest absolute Gasteiger partial charge is 0.280 e. The van der Waals surface area contributed by atoms with Gasteiger partial charge < -0.3 is 0 Å². The van der Waals surface area contributed by atoms with Gasteiger partial charge in [0.05, 0.1) is 16.8 Å². The van der Waals surface area contributed by atoms with Crippen LogP contribution in [0.2, 0.25) is 5.02 Å². The molecule has 138 valence electrons. The lowest BCUT2D eigenvalue weighted by Gasteiger charge is -2.09. The second-order valence-corrected chi connectivity index (χ2v) is 8.59. The van der Waals surface area contributed by atoms with Gasteiger partial charge in [0, 0.05) is 15.2 Å². The van der Waals surface area contributed by atoms with E-state index in [0.717, 1.165) is 15.7 Å². The van der Waals surface area contributed by atoms with Crippen molar-refractivity contribution in [2.75, 3.05) is 10.1 Å². The van der Waals surface area contributed by atoms with Crippen LogP contribution in [-0.4, -0.2) is 14.6 Å². The van der Waals surface area contributed by atoms with Gasteiger partial charge in [0.15, 0.2) is 0 Å². The SMILES string of the molecule is O=S(=O)(Nc1ccc(N/N=C/c2ccc(Br)cc2)cc1)c1ccc(Cl)cc1. The number of hydrogen-bond acceptors (Lipinski definition) is 4. The highest BCUT2D eigenvalue weighted by Gasteiger charge is 2.13. The summed E-state index contributed by atoms with van der Waals surface area (Å²) in [5, 5.41) is 4.64. The minimum atomic E-state index is -3.66. The Labute approximate surface area is 171 Å². The third-order valence-corrected chi connectivity index (χ3v) is 5.72. The van der Waals surface area contributed by atoms with Gasteiger partial charge in [-0.25, -0.2) is 8.42 Å². The second-order valence-electron chi connectivity index (χ2n) is 5.56. The van der Waals surface area contributed by atoms with E-state index in [1.165, 1.54) is 24.3 Å². The number of anilines is 2. The van der Waals surface area contributed by atoms with Crippen LogP contribution in [0.15, 0.2) is 87.3 Å². The molecule has 27 heavy (non-hydrogen) atoms. The average molecular weight is 465 g/mol. The summed E-state index contributed by atoms with van der Waals surface area (Å²) in [6, 6.07) is 20.5.